The number of benzene rings is 2. The normalized spacial score (nSPS) is 10.7. The van der Waals surface area contributed by atoms with Gasteiger partial charge in [0.2, 0.25) is 5.91 Å². The number of hydrogen-bond acceptors (Lipinski definition) is 3. The largest absolute Gasteiger partial charge is 0.496 e. The third-order valence-corrected chi connectivity index (χ3v) is 3.42. The summed E-state index contributed by atoms with van der Waals surface area (Å²) in [5.74, 6) is 0.525. The van der Waals surface area contributed by atoms with Crippen LogP contribution in [0.5, 0.6) is 5.75 Å². The number of rotatable bonds is 6. The molecule has 0 heterocycles. The molecule has 2 rings (SSSR count). The van der Waals surface area contributed by atoms with Crippen LogP contribution in [0.4, 0.5) is 5.69 Å². The number of ether oxygens (including phenoxy) is 1. The summed E-state index contributed by atoms with van der Waals surface area (Å²) in [6.45, 7) is 2.11. The highest BCUT2D eigenvalue weighted by molar-refractivity contribution is 6.02. The Kier molecular flexibility index (Phi) is 5.94. The van der Waals surface area contributed by atoms with Crippen molar-refractivity contribution in [3.8, 4) is 5.75 Å². The molecule has 2 N–H and O–H groups in total. The topological polar surface area (TPSA) is 58.6 Å². The van der Waals surface area contributed by atoms with Crippen molar-refractivity contribution in [1.82, 2.24) is 0 Å². The summed E-state index contributed by atoms with van der Waals surface area (Å²) in [6, 6.07) is 13.2. The molecule has 0 unspecified atom stereocenters. The van der Waals surface area contributed by atoms with Crippen LogP contribution < -0.4 is 10.1 Å². The fraction of sp³-hybridized carbons (Fsp3) is 0.211. The van der Waals surface area contributed by atoms with Gasteiger partial charge in [0.1, 0.15) is 5.75 Å². The third kappa shape index (κ3) is 4.97. The lowest BCUT2D eigenvalue weighted by atomic mass is 10.1. The molecule has 1 amide bonds. The van der Waals surface area contributed by atoms with Crippen molar-refractivity contribution >= 4 is 17.7 Å². The quantitative estimate of drug-likeness (QED) is 0.806. The Hall–Kier alpha value is -2.59. The molecule has 2 aromatic rings. The highest BCUT2D eigenvalue weighted by Crippen LogP contribution is 2.21. The second-order valence-corrected chi connectivity index (χ2v) is 5.24. The average molecular weight is 311 g/mol. The molecule has 4 nitrogen and oxygen atoms in total. The summed E-state index contributed by atoms with van der Waals surface area (Å²) in [5, 5.41) is 11.7. The van der Waals surface area contributed by atoms with Crippen LogP contribution in [0.15, 0.2) is 48.5 Å². The first-order valence-corrected chi connectivity index (χ1v) is 7.46. The van der Waals surface area contributed by atoms with Crippen LogP contribution in [-0.2, 0) is 11.2 Å². The SMILES string of the molecule is COc1ccc(C)cc1C=CC(=O)Nc1ccc(CCO)cc1. The van der Waals surface area contributed by atoms with Gasteiger partial charge >= 0.3 is 0 Å². The fourth-order valence-corrected chi connectivity index (χ4v) is 2.22. The Balaban J connectivity index is 2.03. The molecule has 120 valence electrons. The fourth-order valence-electron chi connectivity index (χ4n) is 2.22. The Morgan fingerprint density at radius 2 is 1.96 bits per heavy atom. The smallest absolute Gasteiger partial charge is 0.248 e. The molecule has 0 saturated heterocycles. The van der Waals surface area contributed by atoms with Gasteiger partial charge in [0.25, 0.3) is 0 Å². The number of nitrogens with one attached hydrogen (secondary N) is 1. The summed E-state index contributed by atoms with van der Waals surface area (Å²) >= 11 is 0. The van der Waals surface area contributed by atoms with Gasteiger partial charge in [-0.15, -0.1) is 0 Å². The minimum Gasteiger partial charge on any atom is -0.496 e. The molecule has 0 fully saturated rings. The highest BCUT2D eigenvalue weighted by atomic mass is 16.5. The highest BCUT2D eigenvalue weighted by Gasteiger charge is 2.02. The zero-order chi connectivity index (χ0) is 16.7. The van der Waals surface area contributed by atoms with E-state index in [2.05, 4.69) is 5.32 Å². The zero-order valence-electron chi connectivity index (χ0n) is 13.4. The van der Waals surface area contributed by atoms with E-state index in [0.29, 0.717) is 6.42 Å². The van der Waals surface area contributed by atoms with Gasteiger partial charge in [-0.2, -0.15) is 0 Å². The van der Waals surface area contributed by atoms with E-state index in [1.165, 1.54) is 6.08 Å². The van der Waals surface area contributed by atoms with Crippen LogP contribution in [0.3, 0.4) is 0 Å². The Morgan fingerprint density at radius 3 is 2.61 bits per heavy atom. The molecule has 0 aliphatic rings. The molecule has 0 spiro atoms. The Morgan fingerprint density at radius 1 is 1.22 bits per heavy atom. The van der Waals surface area contributed by atoms with Crippen LogP contribution in [-0.4, -0.2) is 24.7 Å². The molecule has 23 heavy (non-hydrogen) atoms. The number of aliphatic hydroxyl groups excluding tert-OH is 1. The van der Waals surface area contributed by atoms with Crippen molar-refractivity contribution in [3.05, 3.63) is 65.2 Å². The van der Waals surface area contributed by atoms with Crippen molar-refractivity contribution in [3.63, 3.8) is 0 Å². The van der Waals surface area contributed by atoms with Crippen LogP contribution >= 0.6 is 0 Å². The molecule has 0 atom stereocenters. The number of anilines is 1. The number of methoxy groups -OCH3 is 1. The second kappa shape index (κ2) is 8.15. The van der Waals surface area contributed by atoms with Crippen LogP contribution in [0.1, 0.15) is 16.7 Å². The summed E-state index contributed by atoms with van der Waals surface area (Å²) < 4.78 is 5.28. The third-order valence-electron chi connectivity index (χ3n) is 3.42. The number of hydrogen-bond donors (Lipinski definition) is 2. The number of aliphatic hydroxyl groups is 1. The molecule has 2 aromatic carbocycles. The molecule has 4 heteroatoms. The van der Waals surface area contributed by atoms with E-state index < -0.39 is 0 Å². The van der Waals surface area contributed by atoms with E-state index in [1.54, 1.807) is 13.2 Å². The molecular weight excluding hydrogens is 290 g/mol. The molecule has 0 saturated carbocycles. The van der Waals surface area contributed by atoms with Gasteiger partial charge < -0.3 is 15.2 Å². The van der Waals surface area contributed by atoms with Gasteiger partial charge in [0, 0.05) is 23.9 Å². The predicted octanol–water partition coefficient (Wildman–Crippen LogP) is 3.19. The van der Waals surface area contributed by atoms with Crippen LogP contribution in [0.25, 0.3) is 6.08 Å². The maximum atomic E-state index is 12.0. The standard InChI is InChI=1S/C19H21NO3/c1-14-3-9-18(23-2)16(13-14)6-10-19(22)20-17-7-4-15(5-8-17)11-12-21/h3-10,13,21H,11-12H2,1-2H3,(H,20,22). The number of carbonyl (C=O) groups excluding carboxylic acids is 1. The first-order chi connectivity index (χ1) is 11.1. The van der Waals surface area contributed by atoms with Gasteiger partial charge in [-0.05, 0) is 49.2 Å². The van der Waals surface area contributed by atoms with Crippen molar-refractivity contribution in [2.24, 2.45) is 0 Å². The average Bonchev–Trinajstić information content (AvgIpc) is 2.55. The van der Waals surface area contributed by atoms with Crippen molar-refractivity contribution < 1.29 is 14.6 Å². The lowest BCUT2D eigenvalue weighted by molar-refractivity contribution is -0.111. The van der Waals surface area contributed by atoms with E-state index in [1.807, 2.05) is 49.4 Å². The van der Waals surface area contributed by atoms with E-state index in [9.17, 15) is 4.79 Å². The van der Waals surface area contributed by atoms with E-state index in [4.69, 9.17) is 9.84 Å². The van der Waals surface area contributed by atoms with Crippen LogP contribution in [0, 0.1) is 6.92 Å². The minimum absolute atomic E-state index is 0.118. The maximum absolute atomic E-state index is 12.0. The maximum Gasteiger partial charge on any atom is 0.248 e. The van der Waals surface area contributed by atoms with E-state index in [-0.39, 0.29) is 12.5 Å². The van der Waals surface area contributed by atoms with Gasteiger partial charge in [-0.3, -0.25) is 4.79 Å². The lowest BCUT2D eigenvalue weighted by Gasteiger charge is -2.06. The predicted molar refractivity (Wildman–Crippen MR) is 92.6 cm³/mol. The van der Waals surface area contributed by atoms with Gasteiger partial charge in [0.15, 0.2) is 0 Å². The molecule has 0 aliphatic carbocycles. The van der Waals surface area contributed by atoms with E-state index >= 15 is 0 Å². The molecule has 0 aromatic heterocycles. The van der Waals surface area contributed by atoms with Gasteiger partial charge in [0.05, 0.1) is 7.11 Å². The zero-order valence-corrected chi connectivity index (χ0v) is 13.4. The van der Waals surface area contributed by atoms with E-state index in [0.717, 1.165) is 28.1 Å². The number of aryl methyl sites for hydroxylation is 1. The molecule has 0 radical (unpaired) electrons. The summed E-state index contributed by atoms with van der Waals surface area (Å²) in [6.07, 6.45) is 3.83. The number of carbonyl (C=O) groups is 1. The van der Waals surface area contributed by atoms with Gasteiger partial charge in [-0.25, -0.2) is 0 Å². The van der Waals surface area contributed by atoms with Crippen molar-refractivity contribution in [1.29, 1.82) is 0 Å². The van der Waals surface area contributed by atoms with Crippen molar-refractivity contribution in [2.75, 3.05) is 19.0 Å². The molecule has 0 aliphatic heterocycles. The number of amides is 1. The first-order valence-electron chi connectivity index (χ1n) is 7.46. The summed E-state index contributed by atoms with van der Waals surface area (Å²) in [4.78, 5) is 12.0. The molecule has 0 bridgehead atoms. The minimum atomic E-state index is -0.205. The Bertz CT molecular complexity index is 690. The Labute approximate surface area is 136 Å². The van der Waals surface area contributed by atoms with Crippen LogP contribution in [0.2, 0.25) is 0 Å². The lowest BCUT2D eigenvalue weighted by Crippen LogP contribution is -2.07. The second-order valence-electron chi connectivity index (χ2n) is 5.24. The monoisotopic (exact) mass is 311 g/mol. The first kappa shape index (κ1) is 16.8. The summed E-state index contributed by atoms with van der Waals surface area (Å²) in [5.41, 5.74) is 3.72. The summed E-state index contributed by atoms with van der Waals surface area (Å²) in [7, 11) is 1.61. The van der Waals surface area contributed by atoms with Gasteiger partial charge in [-0.1, -0.05) is 23.8 Å². The molecular formula is C19H21NO3. The van der Waals surface area contributed by atoms with Crippen molar-refractivity contribution in [2.45, 2.75) is 13.3 Å².